The van der Waals surface area contributed by atoms with Crippen LogP contribution in [0, 0.1) is 11.8 Å². The molecule has 0 aromatic heterocycles. The molecule has 1 fully saturated rings. The number of benzene rings is 1. The van der Waals surface area contributed by atoms with E-state index in [1.807, 2.05) is 30.3 Å². The summed E-state index contributed by atoms with van der Waals surface area (Å²) in [5, 5.41) is 9.04. The first-order valence-electron chi connectivity index (χ1n) is 7.93. The van der Waals surface area contributed by atoms with E-state index in [1.165, 1.54) is 0 Å². The highest BCUT2D eigenvalue weighted by Crippen LogP contribution is 2.38. The number of halogens is 3. The molecule has 1 aromatic rings. The van der Waals surface area contributed by atoms with Crippen LogP contribution in [0.1, 0.15) is 12.5 Å². The van der Waals surface area contributed by atoms with Gasteiger partial charge >= 0.3 is 12.1 Å². The minimum Gasteiger partial charge on any atom is -0.481 e. The summed E-state index contributed by atoms with van der Waals surface area (Å²) in [6, 6.07) is 8.73. The van der Waals surface area contributed by atoms with Crippen LogP contribution in [0.4, 0.5) is 13.2 Å². The minimum absolute atomic E-state index is 0.415. The fourth-order valence-electron chi connectivity index (χ4n) is 3.03. The van der Waals surface area contributed by atoms with Crippen LogP contribution in [0.5, 0.6) is 0 Å². The molecule has 1 aromatic carbocycles. The molecule has 25 heavy (non-hydrogen) atoms. The van der Waals surface area contributed by atoms with Crippen LogP contribution in [0.15, 0.2) is 30.3 Å². The molecule has 0 saturated carbocycles. The van der Waals surface area contributed by atoms with Crippen LogP contribution < -0.4 is 0 Å². The van der Waals surface area contributed by atoms with Crippen molar-refractivity contribution in [3.05, 3.63) is 35.9 Å². The van der Waals surface area contributed by atoms with Crippen LogP contribution in [0.3, 0.4) is 0 Å². The van der Waals surface area contributed by atoms with Crippen LogP contribution in [-0.2, 0) is 16.1 Å². The number of likely N-dealkylation sites (tertiary alicyclic amines) is 1. The molecule has 1 N–H and O–H groups in total. The van der Waals surface area contributed by atoms with Gasteiger partial charge in [-0.3, -0.25) is 14.5 Å². The van der Waals surface area contributed by atoms with E-state index in [4.69, 9.17) is 5.11 Å². The highest BCUT2D eigenvalue weighted by atomic mass is 19.4. The summed E-state index contributed by atoms with van der Waals surface area (Å²) < 4.78 is 39.1. The van der Waals surface area contributed by atoms with E-state index < -0.39 is 49.0 Å². The van der Waals surface area contributed by atoms with Crippen LogP contribution in [0.25, 0.3) is 0 Å². The molecule has 0 bridgehead atoms. The van der Waals surface area contributed by atoms with E-state index >= 15 is 0 Å². The first-order chi connectivity index (χ1) is 11.6. The smallest absolute Gasteiger partial charge is 0.394 e. The van der Waals surface area contributed by atoms with E-state index in [0.29, 0.717) is 6.54 Å². The zero-order chi connectivity index (χ0) is 18.8. The molecule has 0 radical (unpaired) electrons. The number of likely N-dealkylation sites (N-methyl/N-ethyl adjacent to an activating group) is 1. The summed E-state index contributed by atoms with van der Waals surface area (Å²) in [6.07, 6.45) is -4.64. The molecule has 1 unspecified atom stereocenters. The summed E-state index contributed by atoms with van der Waals surface area (Å²) in [4.78, 5) is 26.4. The lowest BCUT2D eigenvalue weighted by molar-refractivity contribution is -0.188. The Morgan fingerprint density at radius 2 is 1.88 bits per heavy atom. The number of carboxylic acids is 1. The number of nitrogens with zero attached hydrogens (tertiary/aromatic N) is 2. The Labute approximate surface area is 144 Å². The van der Waals surface area contributed by atoms with Gasteiger partial charge in [0.05, 0.1) is 17.9 Å². The second kappa shape index (κ2) is 7.43. The normalized spacial score (nSPS) is 22.2. The maximum Gasteiger partial charge on any atom is 0.394 e. The molecule has 0 aliphatic carbocycles. The largest absolute Gasteiger partial charge is 0.481 e. The number of carbonyl (C=O) groups excluding carboxylic acids is 1. The van der Waals surface area contributed by atoms with Gasteiger partial charge in [0.2, 0.25) is 5.91 Å². The number of alkyl halides is 3. The predicted octanol–water partition coefficient (Wildman–Crippen LogP) is 2.23. The van der Waals surface area contributed by atoms with E-state index in [-0.39, 0.29) is 0 Å². The van der Waals surface area contributed by atoms with Crippen molar-refractivity contribution in [1.29, 1.82) is 0 Å². The third kappa shape index (κ3) is 4.50. The van der Waals surface area contributed by atoms with Gasteiger partial charge in [-0.2, -0.15) is 13.2 Å². The van der Waals surface area contributed by atoms with Gasteiger partial charge in [-0.25, -0.2) is 0 Å². The third-order valence-electron chi connectivity index (χ3n) is 4.66. The lowest BCUT2D eigenvalue weighted by Gasteiger charge is -2.28. The molecule has 1 heterocycles. The fourth-order valence-corrected chi connectivity index (χ4v) is 3.03. The fraction of sp³-hybridized carbons (Fsp3) is 0.529. The molecule has 1 aliphatic rings. The zero-order valence-corrected chi connectivity index (χ0v) is 14.0. The molecule has 8 heteroatoms. The number of amides is 1. The van der Waals surface area contributed by atoms with Crippen molar-refractivity contribution in [2.45, 2.75) is 25.7 Å². The third-order valence-corrected chi connectivity index (χ3v) is 4.66. The van der Waals surface area contributed by atoms with E-state index in [2.05, 4.69) is 0 Å². The van der Waals surface area contributed by atoms with Gasteiger partial charge < -0.3 is 10.0 Å². The lowest BCUT2D eigenvalue weighted by atomic mass is 9.96. The van der Waals surface area contributed by atoms with Gasteiger partial charge in [0, 0.05) is 19.6 Å². The second-order valence-electron chi connectivity index (χ2n) is 6.41. The number of carbonyl (C=O) groups is 2. The maximum absolute atomic E-state index is 13.0. The number of rotatable bonds is 5. The minimum atomic E-state index is -4.64. The summed E-state index contributed by atoms with van der Waals surface area (Å²) in [6.45, 7) is 1.05. The Kier molecular flexibility index (Phi) is 5.72. The zero-order valence-electron chi connectivity index (χ0n) is 14.0. The van der Waals surface area contributed by atoms with Crippen LogP contribution in [-0.4, -0.2) is 59.1 Å². The van der Waals surface area contributed by atoms with Crippen molar-refractivity contribution >= 4 is 11.9 Å². The molecular formula is C17H21F3N2O3. The van der Waals surface area contributed by atoms with Crippen molar-refractivity contribution in [3.63, 3.8) is 0 Å². The van der Waals surface area contributed by atoms with Crippen molar-refractivity contribution in [2.24, 2.45) is 11.8 Å². The Balaban J connectivity index is 2.05. The maximum atomic E-state index is 13.0. The van der Waals surface area contributed by atoms with E-state index in [9.17, 15) is 22.8 Å². The standard InChI is InChI=1S/C17H21F3N2O3/c1-11(21(2)8-12-6-4-3-5-7-12)15(23)22-9-13(16(24)25)14(10-22)17(18,19)20/h3-7,11,13-14H,8-10H2,1-2H3,(H,24,25)/t11?,13-,14-/m1/s1. The Morgan fingerprint density at radius 3 is 2.36 bits per heavy atom. The Bertz CT molecular complexity index is 621. The Morgan fingerprint density at radius 1 is 1.28 bits per heavy atom. The molecule has 5 nitrogen and oxygen atoms in total. The van der Waals surface area contributed by atoms with Crippen molar-refractivity contribution in [3.8, 4) is 0 Å². The highest BCUT2D eigenvalue weighted by Gasteiger charge is 2.53. The summed E-state index contributed by atoms with van der Waals surface area (Å²) >= 11 is 0. The monoisotopic (exact) mass is 358 g/mol. The second-order valence-corrected chi connectivity index (χ2v) is 6.41. The van der Waals surface area contributed by atoms with Gasteiger partial charge in [-0.05, 0) is 19.5 Å². The summed E-state index contributed by atoms with van der Waals surface area (Å²) in [7, 11) is 1.71. The summed E-state index contributed by atoms with van der Waals surface area (Å²) in [5.41, 5.74) is 0.975. The van der Waals surface area contributed by atoms with E-state index in [0.717, 1.165) is 10.5 Å². The lowest BCUT2D eigenvalue weighted by Crippen LogP contribution is -2.45. The topological polar surface area (TPSA) is 60.9 Å². The number of aliphatic carboxylic acids is 1. The van der Waals surface area contributed by atoms with Crippen molar-refractivity contribution < 1.29 is 27.9 Å². The van der Waals surface area contributed by atoms with Gasteiger partial charge in [-0.1, -0.05) is 30.3 Å². The van der Waals surface area contributed by atoms with Crippen molar-refractivity contribution in [1.82, 2.24) is 9.80 Å². The average molecular weight is 358 g/mol. The molecule has 2 rings (SSSR count). The SMILES string of the molecule is CC(C(=O)N1C[C@@H](C(F)(F)F)[C@H](C(=O)O)C1)N(C)Cc1ccccc1. The average Bonchev–Trinajstić information content (AvgIpc) is 3.00. The van der Waals surface area contributed by atoms with E-state index in [1.54, 1.807) is 18.9 Å². The Hall–Kier alpha value is -2.09. The molecule has 1 saturated heterocycles. The van der Waals surface area contributed by atoms with Gasteiger partial charge in [0.15, 0.2) is 0 Å². The molecule has 3 atom stereocenters. The van der Waals surface area contributed by atoms with Gasteiger partial charge in [0.1, 0.15) is 0 Å². The molecule has 0 spiro atoms. The quantitative estimate of drug-likeness (QED) is 0.877. The molecule has 1 aliphatic heterocycles. The number of hydrogen-bond acceptors (Lipinski definition) is 3. The first kappa shape index (κ1) is 19.2. The molecular weight excluding hydrogens is 337 g/mol. The van der Waals surface area contributed by atoms with Crippen LogP contribution in [0.2, 0.25) is 0 Å². The van der Waals surface area contributed by atoms with Gasteiger partial charge in [0.25, 0.3) is 0 Å². The number of carboxylic acid groups (broad SMARTS) is 1. The molecule has 1 amide bonds. The van der Waals surface area contributed by atoms with Gasteiger partial charge in [-0.15, -0.1) is 0 Å². The molecule has 138 valence electrons. The number of hydrogen-bond donors (Lipinski definition) is 1. The highest BCUT2D eigenvalue weighted by molar-refractivity contribution is 5.83. The first-order valence-corrected chi connectivity index (χ1v) is 7.93. The predicted molar refractivity (Wildman–Crippen MR) is 84.6 cm³/mol. The van der Waals surface area contributed by atoms with Crippen molar-refractivity contribution in [2.75, 3.05) is 20.1 Å². The summed E-state index contributed by atoms with van der Waals surface area (Å²) in [5.74, 6) is -5.66. The van der Waals surface area contributed by atoms with Crippen LogP contribution >= 0.6 is 0 Å².